The molecule has 1 fully saturated rings. The number of likely N-dealkylation sites (N-methyl/N-ethyl adjacent to an activating group) is 1. The summed E-state index contributed by atoms with van der Waals surface area (Å²) in [4.78, 5) is 2.53. The topological polar surface area (TPSA) is 21.7 Å². The van der Waals surface area contributed by atoms with Crippen LogP contribution in [0.2, 0.25) is 0 Å². The van der Waals surface area contributed by atoms with E-state index in [2.05, 4.69) is 36.2 Å². The Morgan fingerprint density at radius 1 is 1.36 bits per heavy atom. The van der Waals surface area contributed by atoms with Crippen molar-refractivity contribution in [3.8, 4) is 11.5 Å². The number of hydrogen-bond acceptors (Lipinski definition) is 4. The highest BCUT2D eigenvalue weighted by Crippen LogP contribution is 2.62. The van der Waals surface area contributed by atoms with Crippen LogP contribution in [0.15, 0.2) is 24.3 Å². The fraction of sp³-hybridized carbons (Fsp3) is 0.556. The van der Waals surface area contributed by atoms with Gasteiger partial charge in [-0.3, -0.25) is 0 Å². The smallest absolute Gasteiger partial charge is 0.165 e. The van der Waals surface area contributed by atoms with E-state index in [1.165, 1.54) is 11.1 Å². The standard InChI is InChI=1S/C18H21NO2S/c1-19-8-7-18-11-4-6-14(22)17(18)21-16-13(20-2)5-3-10(15(16)18)9-12(11)19/h3-6,11-12,14,17,22H,7-9H2,1-2H3/t11-,12+,14+,17-,18-/m0/s1. The maximum atomic E-state index is 6.48. The fourth-order valence-electron chi connectivity index (χ4n) is 5.39. The van der Waals surface area contributed by atoms with Crippen molar-refractivity contribution in [2.45, 2.75) is 35.7 Å². The van der Waals surface area contributed by atoms with Gasteiger partial charge in [0.25, 0.3) is 0 Å². The highest BCUT2D eigenvalue weighted by atomic mass is 32.1. The molecule has 0 radical (unpaired) electrons. The van der Waals surface area contributed by atoms with Gasteiger partial charge >= 0.3 is 0 Å². The Morgan fingerprint density at radius 3 is 3.05 bits per heavy atom. The molecule has 4 heteroatoms. The van der Waals surface area contributed by atoms with Crippen LogP contribution in [0.1, 0.15) is 17.5 Å². The van der Waals surface area contributed by atoms with Crippen molar-refractivity contribution < 1.29 is 9.47 Å². The first kappa shape index (κ1) is 13.3. The van der Waals surface area contributed by atoms with E-state index in [0.29, 0.717) is 12.0 Å². The molecule has 1 spiro atoms. The first-order valence-corrected chi connectivity index (χ1v) is 8.62. The number of ether oxygens (including phenoxy) is 2. The van der Waals surface area contributed by atoms with Crippen LogP contribution in [0, 0.1) is 5.92 Å². The minimum Gasteiger partial charge on any atom is -0.493 e. The molecule has 5 rings (SSSR count). The summed E-state index contributed by atoms with van der Waals surface area (Å²) in [6, 6.07) is 4.89. The summed E-state index contributed by atoms with van der Waals surface area (Å²) >= 11 is 4.82. The SMILES string of the molecule is COc1ccc2c3c1O[C@H]1[C@H](S)C=C[C@H]4[C@@H](C2)N(C)CC[C@@]341. The molecule has 2 aliphatic heterocycles. The lowest BCUT2D eigenvalue weighted by Gasteiger charge is -2.56. The Hall–Kier alpha value is -1.13. The van der Waals surface area contributed by atoms with E-state index in [-0.39, 0.29) is 16.8 Å². The quantitative estimate of drug-likeness (QED) is 0.635. The van der Waals surface area contributed by atoms with Crippen LogP contribution in [-0.2, 0) is 11.8 Å². The van der Waals surface area contributed by atoms with Gasteiger partial charge in [-0.05, 0) is 38.1 Å². The summed E-state index contributed by atoms with van der Waals surface area (Å²) in [6.07, 6.45) is 7.03. The lowest BCUT2D eigenvalue weighted by atomic mass is 9.53. The molecule has 4 aliphatic rings. The van der Waals surface area contributed by atoms with Crippen molar-refractivity contribution in [3.05, 3.63) is 35.4 Å². The Morgan fingerprint density at radius 2 is 2.23 bits per heavy atom. The first-order chi connectivity index (χ1) is 10.7. The summed E-state index contributed by atoms with van der Waals surface area (Å²) in [5.41, 5.74) is 2.96. The van der Waals surface area contributed by atoms with Crippen molar-refractivity contribution in [1.82, 2.24) is 4.90 Å². The molecule has 116 valence electrons. The molecule has 1 saturated heterocycles. The van der Waals surface area contributed by atoms with Crippen LogP contribution in [0.4, 0.5) is 0 Å². The molecule has 5 atom stereocenters. The van der Waals surface area contributed by atoms with E-state index in [1.54, 1.807) is 7.11 Å². The first-order valence-electron chi connectivity index (χ1n) is 8.10. The predicted molar refractivity (Wildman–Crippen MR) is 89.2 cm³/mol. The monoisotopic (exact) mass is 315 g/mol. The van der Waals surface area contributed by atoms with Crippen molar-refractivity contribution in [3.63, 3.8) is 0 Å². The van der Waals surface area contributed by atoms with Gasteiger partial charge in [0.05, 0.1) is 12.4 Å². The number of likely N-dealkylation sites (tertiary alicyclic amines) is 1. The van der Waals surface area contributed by atoms with E-state index in [9.17, 15) is 0 Å². The molecule has 22 heavy (non-hydrogen) atoms. The van der Waals surface area contributed by atoms with Gasteiger partial charge in [0.2, 0.25) is 0 Å². The number of thiol groups is 1. The van der Waals surface area contributed by atoms with Crippen LogP contribution < -0.4 is 9.47 Å². The van der Waals surface area contributed by atoms with Gasteiger partial charge in [-0.15, -0.1) is 0 Å². The maximum absolute atomic E-state index is 6.48. The van der Waals surface area contributed by atoms with Crippen LogP contribution >= 0.6 is 12.6 Å². The molecule has 0 amide bonds. The molecule has 0 unspecified atom stereocenters. The van der Waals surface area contributed by atoms with Crippen LogP contribution in [-0.4, -0.2) is 43.0 Å². The van der Waals surface area contributed by atoms with Crippen molar-refractivity contribution in [2.24, 2.45) is 5.92 Å². The van der Waals surface area contributed by atoms with Gasteiger partial charge in [0, 0.05) is 22.9 Å². The number of nitrogens with zero attached hydrogens (tertiary/aromatic N) is 1. The minimum absolute atomic E-state index is 0.0931. The molecular formula is C18H21NO2S. The van der Waals surface area contributed by atoms with Gasteiger partial charge in [-0.25, -0.2) is 0 Å². The molecule has 0 N–H and O–H groups in total. The molecule has 3 nitrogen and oxygen atoms in total. The Bertz CT molecular complexity index is 688. The number of hydrogen-bond donors (Lipinski definition) is 1. The van der Waals surface area contributed by atoms with Gasteiger partial charge in [0.1, 0.15) is 6.10 Å². The molecule has 0 aromatic heterocycles. The normalized spacial score (nSPS) is 41.0. The van der Waals surface area contributed by atoms with Gasteiger partial charge < -0.3 is 14.4 Å². The third-order valence-electron chi connectivity index (χ3n) is 6.35. The summed E-state index contributed by atoms with van der Waals surface area (Å²) < 4.78 is 12.1. The van der Waals surface area contributed by atoms with E-state index in [1.807, 2.05) is 0 Å². The Balaban J connectivity index is 1.82. The van der Waals surface area contributed by atoms with E-state index in [0.717, 1.165) is 30.9 Å². The second-order valence-electron chi connectivity index (χ2n) is 7.11. The Labute approximate surface area is 136 Å². The zero-order chi connectivity index (χ0) is 15.1. The van der Waals surface area contributed by atoms with Crippen molar-refractivity contribution in [2.75, 3.05) is 20.7 Å². The molecular weight excluding hydrogens is 294 g/mol. The average molecular weight is 315 g/mol. The number of benzene rings is 1. The molecule has 2 bridgehead atoms. The zero-order valence-corrected chi connectivity index (χ0v) is 13.8. The third kappa shape index (κ3) is 1.35. The minimum atomic E-state index is 0.0931. The van der Waals surface area contributed by atoms with Gasteiger partial charge in [0.15, 0.2) is 11.5 Å². The molecule has 2 aliphatic carbocycles. The highest BCUT2D eigenvalue weighted by Gasteiger charge is 2.63. The fourth-order valence-corrected chi connectivity index (χ4v) is 5.81. The maximum Gasteiger partial charge on any atom is 0.165 e. The molecule has 1 aromatic carbocycles. The molecule has 2 heterocycles. The van der Waals surface area contributed by atoms with E-state index < -0.39 is 0 Å². The van der Waals surface area contributed by atoms with Crippen molar-refractivity contribution >= 4 is 12.6 Å². The predicted octanol–water partition coefficient (Wildman–Crippen LogP) is 2.44. The Kier molecular flexibility index (Phi) is 2.56. The summed E-state index contributed by atoms with van der Waals surface area (Å²) in [6.45, 7) is 1.13. The van der Waals surface area contributed by atoms with E-state index >= 15 is 0 Å². The third-order valence-corrected chi connectivity index (χ3v) is 6.80. The second-order valence-corrected chi connectivity index (χ2v) is 7.71. The number of methoxy groups -OCH3 is 1. The summed E-state index contributed by atoms with van der Waals surface area (Å²) in [5, 5.41) is 0.156. The average Bonchev–Trinajstić information content (AvgIpc) is 2.88. The number of piperidine rings is 1. The van der Waals surface area contributed by atoms with Crippen LogP contribution in [0.5, 0.6) is 11.5 Å². The van der Waals surface area contributed by atoms with Gasteiger partial charge in [-0.2, -0.15) is 12.6 Å². The van der Waals surface area contributed by atoms with Crippen LogP contribution in [0.25, 0.3) is 0 Å². The summed E-state index contributed by atoms with van der Waals surface area (Å²) in [7, 11) is 3.99. The summed E-state index contributed by atoms with van der Waals surface area (Å²) in [5.74, 6) is 2.39. The lowest BCUT2D eigenvalue weighted by Crippen LogP contribution is -2.64. The van der Waals surface area contributed by atoms with Gasteiger partial charge in [-0.1, -0.05) is 18.2 Å². The van der Waals surface area contributed by atoms with Crippen molar-refractivity contribution in [1.29, 1.82) is 0 Å². The van der Waals surface area contributed by atoms with Crippen LogP contribution in [0.3, 0.4) is 0 Å². The van der Waals surface area contributed by atoms with E-state index in [4.69, 9.17) is 22.1 Å². The zero-order valence-electron chi connectivity index (χ0n) is 13.0. The largest absolute Gasteiger partial charge is 0.493 e. The molecule has 1 aromatic rings. The number of rotatable bonds is 1. The lowest BCUT2D eigenvalue weighted by molar-refractivity contribution is 0.00434. The second kappa shape index (κ2) is 4.24. The molecule has 0 saturated carbocycles. The highest BCUT2D eigenvalue weighted by molar-refractivity contribution is 7.81.